The third kappa shape index (κ3) is 3.42. The van der Waals surface area contributed by atoms with Crippen LogP contribution < -0.4 is 11.1 Å². The van der Waals surface area contributed by atoms with Gasteiger partial charge < -0.3 is 11.1 Å². The van der Waals surface area contributed by atoms with Crippen LogP contribution in [0.2, 0.25) is 0 Å². The zero-order chi connectivity index (χ0) is 15.4. The molecule has 2 aromatic rings. The third-order valence-electron chi connectivity index (χ3n) is 3.01. The van der Waals surface area contributed by atoms with E-state index in [1.165, 1.54) is 24.3 Å². The number of pyridine rings is 1. The molecule has 1 aromatic carbocycles. The standard InChI is InChI=1S/C15H14FN3O2/c1-9-12(3-2-8-18-9)15(21)19-13(14(17)20)10-4-6-11(16)7-5-10/h2-8,13H,1H3,(H2,17,20)(H,19,21)/t13-/m1/s1. The molecule has 0 fully saturated rings. The average molecular weight is 287 g/mol. The highest BCUT2D eigenvalue weighted by Gasteiger charge is 2.21. The summed E-state index contributed by atoms with van der Waals surface area (Å²) in [4.78, 5) is 27.7. The Morgan fingerprint density at radius 3 is 2.48 bits per heavy atom. The van der Waals surface area contributed by atoms with Crippen LogP contribution in [0.25, 0.3) is 0 Å². The number of amides is 2. The van der Waals surface area contributed by atoms with E-state index in [2.05, 4.69) is 10.3 Å². The number of hydrogen-bond acceptors (Lipinski definition) is 3. The smallest absolute Gasteiger partial charge is 0.254 e. The number of benzene rings is 1. The van der Waals surface area contributed by atoms with Crippen molar-refractivity contribution in [2.24, 2.45) is 5.73 Å². The Morgan fingerprint density at radius 1 is 1.24 bits per heavy atom. The van der Waals surface area contributed by atoms with Gasteiger partial charge >= 0.3 is 0 Å². The van der Waals surface area contributed by atoms with Crippen LogP contribution in [-0.4, -0.2) is 16.8 Å². The number of nitrogens with one attached hydrogen (secondary N) is 1. The minimum Gasteiger partial charge on any atom is -0.368 e. The van der Waals surface area contributed by atoms with E-state index in [1.807, 2.05) is 0 Å². The van der Waals surface area contributed by atoms with E-state index in [1.54, 1.807) is 25.3 Å². The van der Waals surface area contributed by atoms with Gasteiger partial charge in [-0.15, -0.1) is 0 Å². The number of aryl methyl sites for hydroxylation is 1. The largest absolute Gasteiger partial charge is 0.368 e. The summed E-state index contributed by atoms with van der Waals surface area (Å²) in [5.74, 6) is -1.62. The number of aromatic nitrogens is 1. The van der Waals surface area contributed by atoms with Crippen molar-refractivity contribution in [3.8, 4) is 0 Å². The summed E-state index contributed by atoms with van der Waals surface area (Å²) in [6.07, 6.45) is 1.57. The number of carbonyl (C=O) groups excluding carboxylic acids is 2. The molecule has 1 aromatic heterocycles. The van der Waals surface area contributed by atoms with Crippen molar-refractivity contribution in [3.63, 3.8) is 0 Å². The first-order valence-electron chi connectivity index (χ1n) is 6.26. The SMILES string of the molecule is Cc1ncccc1C(=O)N[C@@H](C(N)=O)c1ccc(F)cc1. The van der Waals surface area contributed by atoms with Crippen molar-refractivity contribution in [1.29, 1.82) is 0 Å². The van der Waals surface area contributed by atoms with Gasteiger partial charge in [0.2, 0.25) is 5.91 Å². The van der Waals surface area contributed by atoms with Crippen molar-refractivity contribution in [2.75, 3.05) is 0 Å². The quantitative estimate of drug-likeness (QED) is 0.893. The van der Waals surface area contributed by atoms with Crippen LogP contribution in [-0.2, 0) is 4.79 Å². The van der Waals surface area contributed by atoms with Crippen LogP contribution in [0.1, 0.15) is 27.7 Å². The molecule has 0 unspecified atom stereocenters. The lowest BCUT2D eigenvalue weighted by atomic mass is 10.1. The molecule has 1 atom stereocenters. The highest BCUT2D eigenvalue weighted by Crippen LogP contribution is 2.15. The molecule has 2 rings (SSSR count). The lowest BCUT2D eigenvalue weighted by Gasteiger charge is -2.16. The summed E-state index contributed by atoms with van der Waals surface area (Å²) in [6, 6.07) is 7.40. The first-order valence-corrected chi connectivity index (χ1v) is 6.26. The van der Waals surface area contributed by atoms with E-state index >= 15 is 0 Å². The van der Waals surface area contributed by atoms with E-state index in [0.717, 1.165) is 0 Å². The second kappa shape index (κ2) is 6.13. The van der Waals surface area contributed by atoms with Gasteiger partial charge in [-0.2, -0.15) is 0 Å². The average Bonchev–Trinajstić information content (AvgIpc) is 2.46. The fourth-order valence-electron chi connectivity index (χ4n) is 1.91. The van der Waals surface area contributed by atoms with Crippen LogP contribution >= 0.6 is 0 Å². The molecule has 5 nitrogen and oxygen atoms in total. The second-order valence-corrected chi connectivity index (χ2v) is 4.50. The summed E-state index contributed by atoms with van der Waals surface area (Å²) in [7, 11) is 0. The minimum atomic E-state index is -1.03. The molecule has 0 bridgehead atoms. The number of hydrogen-bond donors (Lipinski definition) is 2. The van der Waals surface area contributed by atoms with Gasteiger partial charge in [-0.25, -0.2) is 4.39 Å². The Labute approximate surface area is 121 Å². The van der Waals surface area contributed by atoms with Gasteiger partial charge in [0, 0.05) is 11.9 Å². The van der Waals surface area contributed by atoms with Gasteiger partial charge in [-0.3, -0.25) is 14.6 Å². The monoisotopic (exact) mass is 287 g/mol. The Hall–Kier alpha value is -2.76. The molecule has 21 heavy (non-hydrogen) atoms. The fraction of sp³-hybridized carbons (Fsp3) is 0.133. The summed E-state index contributed by atoms with van der Waals surface area (Å²) in [6.45, 7) is 1.69. The zero-order valence-corrected chi connectivity index (χ0v) is 11.3. The highest BCUT2D eigenvalue weighted by atomic mass is 19.1. The van der Waals surface area contributed by atoms with Crippen LogP contribution in [0.3, 0.4) is 0 Å². The first kappa shape index (κ1) is 14.6. The molecule has 0 radical (unpaired) electrons. The second-order valence-electron chi connectivity index (χ2n) is 4.50. The number of rotatable bonds is 4. The Kier molecular flexibility index (Phi) is 4.27. The molecule has 0 saturated heterocycles. The first-order chi connectivity index (χ1) is 9.99. The molecule has 6 heteroatoms. The van der Waals surface area contributed by atoms with Crippen molar-refractivity contribution in [1.82, 2.24) is 10.3 Å². The molecule has 0 spiro atoms. The Balaban J connectivity index is 2.25. The fourth-order valence-corrected chi connectivity index (χ4v) is 1.91. The van der Waals surface area contributed by atoms with E-state index in [0.29, 0.717) is 16.8 Å². The molecule has 0 aliphatic rings. The van der Waals surface area contributed by atoms with E-state index < -0.39 is 23.7 Å². The van der Waals surface area contributed by atoms with E-state index in [-0.39, 0.29) is 0 Å². The van der Waals surface area contributed by atoms with Gasteiger partial charge in [0.05, 0.1) is 5.56 Å². The third-order valence-corrected chi connectivity index (χ3v) is 3.01. The number of nitrogens with zero attached hydrogens (tertiary/aromatic N) is 1. The molecular formula is C15H14FN3O2. The van der Waals surface area contributed by atoms with Crippen molar-refractivity contribution < 1.29 is 14.0 Å². The molecule has 0 aliphatic heterocycles. The Bertz CT molecular complexity index is 671. The number of halogens is 1. The molecule has 0 aliphatic carbocycles. The van der Waals surface area contributed by atoms with Crippen LogP contribution in [0, 0.1) is 12.7 Å². The van der Waals surface area contributed by atoms with Crippen LogP contribution in [0.4, 0.5) is 4.39 Å². The minimum absolute atomic E-state index is 0.353. The van der Waals surface area contributed by atoms with Gasteiger partial charge in [0.1, 0.15) is 11.9 Å². The van der Waals surface area contributed by atoms with Crippen LogP contribution in [0.5, 0.6) is 0 Å². The highest BCUT2D eigenvalue weighted by molar-refractivity contribution is 5.98. The predicted molar refractivity (Wildman–Crippen MR) is 74.8 cm³/mol. The van der Waals surface area contributed by atoms with E-state index in [4.69, 9.17) is 5.73 Å². The van der Waals surface area contributed by atoms with Crippen molar-refractivity contribution in [2.45, 2.75) is 13.0 Å². The molecule has 0 saturated carbocycles. The lowest BCUT2D eigenvalue weighted by molar-refractivity contribution is -0.120. The number of primary amides is 1. The van der Waals surface area contributed by atoms with Gasteiger partial charge in [-0.1, -0.05) is 12.1 Å². The number of nitrogens with two attached hydrogens (primary N) is 1. The molecule has 108 valence electrons. The summed E-state index contributed by atoms with van der Waals surface area (Å²) in [5.41, 5.74) is 6.62. The topological polar surface area (TPSA) is 85.1 Å². The Morgan fingerprint density at radius 2 is 1.90 bits per heavy atom. The van der Waals surface area contributed by atoms with Gasteiger partial charge in [-0.05, 0) is 36.8 Å². The predicted octanol–water partition coefficient (Wildman–Crippen LogP) is 1.49. The van der Waals surface area contributed by atoms with Crippen molar-refractivity contribution >= 4 is 11.8 Å². The van der Waals surface area contributed by atoms with E-state index in [9.17, 15) is 14.0 Å². The van der Waals surface area contributed by atoms with Gasteiger partial charge in [0.25, 0.3) is 5.91 Å². The summed E-state index contributed by atoms with van der Waals surface area (Å²) in [5, 5.41) is 2.53. The molecular weight excluding hydrogens is 273 g/mol. The maximum atomic E-state index is 12.9. The molecule has 1 heterocycles. The lowest BCUT2D eigenvalue weighted by Crippen LogP contribution is -2.37. The van der Waals surface area contributed by atoms with Crippen LogP contribution in [0.15, 0.2) is 42.6 Å². The molecule has 3 N–H and O–H groups in total. The normalized spacial score (nSPS) is 11.7. The maximum absolute atomic E-state index is 12.9. The van der Waals surface area contributed by atoms with Gasteiger partial charge in [0.15, 0.2) is 0 Å². The summed E-state index contributed by atoms with van der Waals surface area (Å²) >= 11 is 0. The maximum Gasteiger partial charge on any atom is 0.254 e. The number of carbonyl (C=O) groups is 2. The zero-order valence-electron chi connectivity index (χ0n) is 11.3. The van der Waals surface area contributed by atoms with Crippen molar-refractivity contribution in [3.05, 3.63) is 65.2 Å². The summed E-state index contributed by atoms with van der Waals surface area (Å²) < 4.78 is 12.9. The molecule has 2 amide bonds.